The molecule has 4 aromatic rings. The summed E-state index contributed by atoms with van der Waals surface area (Å²) < 4.78 is 1.58. The molecule has 3 heterocycles. The lowest BCUT2D eigenvalue weighted by Gasteiger charge is -2.29. The molecule has 0 spiro atoms. The Kier molecular flexibility index (Phi) is 5.11. The zero-order valence-electron chi connectivity index (χ0n) is 17.0. The summed E-state index contributed by atoms with van der Waals surface area (Å²) in [6.45, 7) is 4.82. The molecule has 0 unspecified atom stereocenters. The third-order valence-corrected chi connectivity index (χ3v) is 6.58. The Hall–Kier alpha value is -3.32. The number of rotatable bonds is 5. The van der Waals surface area contributed by atoms with Gasteiger partial charge in [0.15, 0.2) is 5.16 Å². The normalized spacial score (nSPS) is 13.5. The number of carbonyl (C=O) groups is 1. The van der Waals surface area contributed by atoms with Crippen LogP contribution < -0.4 is 10.5 Å². The van der Waals surface area contributed by atoms with Crippen molar-refractivity contribution < 1.29 is 4.79 Å². The van der Waals surface area contributed by atoms with E-state index < -0.39 is 0 Å². The summed E-state index contributed by atoms with van der Waals surface area (Å²) in [5, 5.41) is 1.43. The molecule has 31 heavy (non-hydrogen) atoms. The van der Waals surface area contributed by atoms with E-state index in [0.717, 1.165) is 29.4 Å². The summed E-state index contributed by atoms with van der Waals surface area (Å²) >= 11 is 1.30. The molecule has 1 aliphatic rings. The summed E-state index contributed by atoms with van der Waals surface area (Å²) in [5.74, 6) is 0.238. The van der Waals surface area contributed by atoms with E-state index >= 15 is 0 Å². The number of aryl methyl sites for hydroxylation is 1. The van der Waals surface area contributed by atoms with Gasteiger partial charge in [0.05, 0.1) is 5.75 Å². The zero-order valence-corrected chi connectivity index (χ0v) is 17.8. The van der Waals surface area contributed by atoms with Crippen molar-refractivity contribution in [1.29, 1.82) is 0 Å². The van der Waals surface area contributed by atoms with Crippen molar-refractivity contribution >= 4 is 45.3 Å². The molecule has 0 aliphatic carbocycles. The summed E-state index contributed by atoms with van der Waals surface area (Å²) in [4.78, 5) is 36.1. The van der Waals surface area contributed by atoms with Gasteiger partial charge in [-0.25, -0.2) is 4.98 Å². The second-order valence-electron chi connectivity index (χ2n) is 7.56. The van der Waals surface area contributed by atoms with Gasteiger partial charge in [-0.2, -0.15) is 0 Å². The highest BCUT2D eigenvalue weighted by molar-refractivity contribution is 7.99. The third-order valence-electron chi connectivity index (χ3n) is 5.62. The number of aromatic nitrogens is 3. The molecule has 2 aromatic carbocycles. The van der Waals surface area contributed by atoms with Crippen molar-refractivity contribution in [1.82, 2.24) is 14.5 Å². The van der Waals surface area contributed by atoms with Gasteiger partial charge in [0.1, 0.15) is 11.0 Å². The second-order valence-corrected chi connectivity index (χ2v) is 8.50. The van der Waals surface area contributed by atoms with Crippen LogP contribution in [0.25, 0.3) is 21.9 Å². The number of H-pyrrole nitrogens is 1. The Labute approximate surface area is 183 Å². The molecular formula is C24H22N4O2S. The average Bonchev–Trinajstić information content (AvgIpc) is 3.18. The molecule has 1 aliphatic heterocycles. The number of allylic oxidation sites excluding steroid dienone is 1. The molecule has 1 amide bonds. The minimum Gasteiger partial charge on any atom is -0.349 e. The molecular weight excluding hydrogens is 408 g/mol. The van der Waals surface area contributed by atoms with Crippen LogP contribution in [0.5, 0.6) is 0 Å². The van der Waals surface area contributed by atoms with Gasteiger partial charge in [-0.1, -0.05) is 54.2 Å². The molecule has 156 valence electrons. The van der Waals surface area contributed by atoms with E-state index in [9.17, 15) is 9.59 Å². The number of nitrogens with one attached hydrogen (secondary N) is 1. The number of carbonyl (C=O) groups excluding carboxylic acids is 1. The fraction of sp³-hybridized carbons (Fsp3) is 0.208. The molecule has 0 atom stereocenters. The largest absolute Gasteiger partial charge is 0.349 e. The van der Waals surface area contributed by atoms with E-state index in [2.05, 4.69) is 17.6 Å². The van der Waals surface area contributed by atoms with Crippen LogP contribution in [-0.4, -0.2) is 32.7 Å². The number of hydrogen-bond acceptors (Lipinski definition) is 4. The molecule has 5 rings (SSSR count). The minimum atomic E-state index is -0.153. The van der Waals surface area contributed by atoms with Crippen LogP contribution in [0.1, 0.15) is 12.0 Å². The maximum atomic E-state index is 13.2. The van der Waals surface area contributed by atoms with E-state index in [-0.39, 0.29) is 17.2 Å². The topological polar surface area (TPSA) is 71.0 Å². The molecule has 0 saturated heterocycles. The highest BCUT2D eigenvalue weighted by atomic mass is 32.2. The van der Waals surface area contributed by atoms with Crippen molar-refractivity contribution in [2.45, 2.75) is 24.5 Å². The van der Waals surface area contributed by atoms with Crippen LogP contribution in [0.3, 0.4) is 0 Å². The first-order chi connectivity index (χ1) is 15.2. The lowest BCUT2D eigenvalue weighted by molar-refractivity contribution is -0.116. The zero-order chi connectivity index (χ0) is 21.4. The number of fused-ring (bicyclic) bond motifs is 4. The average molecular weight is 431 g/mol. The molecule has 0 radical (unpaired) electrons. The first kappa shape index (κ1) is 19.6. The number of benzene rings is 2. The predicted molar refractivity (Wildman–Crippen MR) is 126 cm³/mol. The fourth-order valence-corrected chi connectivity index (χ4v) is 5.05. The van der Waals surface area contributed by atoms with Crippen molar-refractivity contribution in [2.24, 2.45) is 0 Å². The highest BCUT2D eigenvalue weighted by Gasteiger charge is 2.23. The smallest absolute Gasteiger partial charge is 0.278 e. The van der Waals surface area contributed by atoms with Crippen LogP contribution in [0, 0.1) is 0 Å². The molecule has 0 saturated carbocycles. The van der Waals surface area contributed by atoms with E-state index in [4.69, 9.17) is 4.98 Å². The maximum Gasteiger partial charge on any atom is 0.278 e. The maximum absolute atomic E-state index is 13.2. The van der Waals surface area contributed by atoms with Gasteiger partial charge in [-0.15, -0.1) is 6.58 Å². The summed E-state index contributed by atoms with van der Waals surface area (Å²) in [6.07, 6.45) is 3.61. The fourth-order valence-electron chi connectivity index (χ4n) is 4.17. The lowest BCUT2D eigenvalue weighted by atomic mass is 10.0. The van der Waals surface area contributed by atoms with Crippen molar-refractivity contribution in [2.75, 3.05) is 17.2 Å². The second kappa shape index (κ2) is 8.07. The summed E-state index contributed by atoms with van der Waals surface area (Å²) in [5.41, 5.74) is 4.02. The minimum absolute atomic E-state index is 0.0237. The first-order valence-corrected chi connectivity index (χ1v) is 11.3. The monoisotopic (exact) mass is 430 g/mol. The summed E-state index contributed by atoms with van der Waals surface area (Å²) in [6, 6.07) is 15.8. The quantitative estimate of drug-likeness (QED) is 0.294. The molecule has 1 N–H and O–H groups in total. The Balaban J connectivity index is 1.49. The Morgan fingerprint density at radius 2 is 2.00 bits per heavy atom. The molecule has 6 nitrogen and oxygen atoms in total. The molecule has 2 aromatic heterocycles. The van der Waals surface area contributed by atoms with Crippen LogP contribution in [-0.2, 0) is 17.8 Å². The first-order valence-electron chi connectivity index (χ1n) is 10.3. The number of anilines is 1. The van der Waals surface area contributed by atoms with Gasteiger partial charge >= 0.3 is 0 Å². The molecule has 0 bridgehead atoms. The SMILES string of the molecule is C=CCn1c(SCC(=O)N2CCCc3ccccc32)nc2c([nH]c3ccccc32)c1=O. The van der Waals surface area contributed by atoms with Crippen molar-refractivity contribution in [3.63, 3.8) is 0 Å². The van der Waals surface area contributed by atoms with Gasteiger partial charge in [0, 0.05) is 29.7 Å². The van der Waals surface area contributed by atoms with Gasteiger partial charge < -0.3 is 9.88 Å². The van der Waals surface area contributed by atoms with Gasteiger partial charge in [-0.3, -0.25) is 14.2 Å². The number of hydrogen-bond donors (Lipinski definition) is 1. The Morgan fingerprint density at radius 3 is 2.87 bits per heavy atom. The predicted octanol–water partition coefficient (Wildman–Crippen LogP) is 4.14. The third kappa shape index (κ3) is 3.45. The number of para-hydroxylation sites is 2. The van der Waals surface area contributed by atoms with E-state index in [0.29, 0.717) is 29.3 Å². The number of thioether (sulfide) groups is 1. The highest BCUT2D eigenvalue weighted by Crippen LogP contribution is 2.29. The van der Waals surface area contributed by atoms with Gasteiger partial charge in [0.2, 0.25) is 5.91 Å². The van der Waals surface area contributed by atoms with Crippen LogP contribution >= 0.6 is 11.8 Å². The van der Waals surface area contributed by atoms with Gasteiger partial charge in [0.25, 0.3) is 5.56 Å². The van der Waals surface area contributed by atoms with E-state index in [1.807, 2.05) is 47.4 Å². The van der Waals surface area contributed by atoms with Crippen LogP contribution in [0.4, 0.5) is 5.69 Å². The number of aromatic amines is 1. The van der Waals surface area contributed by atoms with Gasteiger partial charge in [-0.05, 0) is 30.5 Å². The number of nitrogens with zero attached hydrogens (tertiary/aromatic N) is 3. The number of amides is 1. The Bertz CT molecular complexity index is 1370. The lowest BCUT2D eigenvalue weighted by Crippen LogP contribution is -2.36. The van der Waals surface area contributed by atoms with Crippen molar-refractivity contribution in [3.8, 4) is 0 Å². The van der Waals surface area contributed by atoms with Crippen LogP contribution in [0.2, 0.25) is 0 Å². The van der Waals surface area contributed by atoms with Crippen molar-refractivity contribution in [3.05, 3.63) is 77.1 Å². The summed E-state index contributed by atoms with van der Waals surface area (Å²) in [7, 11) is 0. The Morgan fingerprint density at radius 1 is 1.19 bits per heavy atom. The standard InChI is InChI=1S/C24H22N4O2S/c1-2-13-28-23(30)22-21(17-10-4-5-11-18(17)25-22)26-24(28)31-15-20(29)27-14-7-9-16-8-3-6-12-19(16)27/h2-6,8,10-12,25H,1,7,9,13-15H2. The molecule has 0 fully saturated rings. The molecule has 7 heteroatoms. The van der Waals surface area contributed by atoms with Crippen LogP contribution in [0.15, 0.2) is 71.1 Å². The van der Waals surface area contributed by atoms with E-state index in [1.54, 1.807) is 10.6 Å². The van der Waals surface area contributed by atoms with E-state index in [1.165, 1.54) is 17.3 Å².